The quantitative estimate of drug-likeness (QED) is 0.603. The SMILES string of the molecule is CCC[C@H](N[C@H](C)C(=O)N1[C@@H](C(=O)O)C[C@@H]2CCCC[C@@H]21)C(=O)OCC.Cl. The van der Waals surface area contributed by atoms with E-state index in [4.69, 9.17) is 4.74 Å². The Morgan fingerprint density at radius 1 is 1.22 bits per heavy atom. The smallest absolute Gasteiger partial charge is 0.326 e. The van der Waals surface area contributed by atoms with Crippen molar-refractivity contribution in [1.29, 1.82) is 0 Å². The third kappa shape index (κ3) is 5.57. The molecule has 1 heterocycles. The topological polar surface area (TPSA) is 95.9 Å². The minimum atomic E-state index is -0.935. The minimum Gasteiger partial charge on any atom is -0.480 e. The van der Waals surface area contributed by atoms with Crippen molar-refractivity contribution in [2.75, 3.05) is 6.61 Å². The van der Waals surface area contributed by atoms with Crippen LogP contribution < -0.4 is 5.32 Å². The van der Waals surface area contributed by atoms with Gasteiger partial charge in [0, 0.05) is 6.04 Å². The standard InChI is InChI=1S/C19H32N2O5.ClH/c1-4-8-14(19(25)26-5-2)20-12(3)17(22)21-15-10-7-6-9-13(15)11-16(21)18(23)24;/h12-16,20H,4-11H2,1-3H3,(H,23,24);1H/t12-,13+,14+,15+,16-;/m1./s1. The molecule has 1 aliphatic heterocycles. The van der Waals surface area contributed by atoms with Gasteiger partial charge in [-0.05, 0) is 45.4 Å². The summed E-state index contributed by atoms with van der Waals surface area (Å²) < 4.78 is 5.09. The number of ether oxygens (including phenoxy) is 1. The molecule has 2 aliphatic rings. The van der Waals surface area contributed by atoms with Crippen molar-refractivity contribution in [2.45, 2.75) is 89.9 Å². The Balaban J connectivity index is 0.00000364. The van der Waals surface area contributed by atoms with Crippen LogP contribution >= 0.6 is 12.4 Å². The molecule has 0 unspecified atom stereocenters. The van der Waals surface area contributed by atoms with Gasteiger partial charge in [-0.15, -0.1) is 12.4 Å². The fourth-order valence-electron chi connectivity index (χ4n) is 4.39. The van der Waals surface area contributed by atoms with Gasteiger partial charge in [0.2, 0.25) is 5.91 Å². The van der Waals surface area contributed by atoms with E-state index >= 15 is 0 Å². The monoisotopic (exact) mass is 404 g/mol. The van der Waals surface area contributed by atoms with Crippen LogP contribution in [0.4, 0.5) is 0 Å². The Hall–Kier alpha value is -1.34. The van der Waals surface area contributed by atoms with Crippen molar-refractivity contribution in [3.05, 3.63) is 0 Å². The molecule has 0 aromatic heterocycles. The maximum absolute atomic E-state index is 13.1. The van der Waals surface area contributed by atoms with E-state index in [9.17, 15) is 19.5 Å². The number of carbonyl (C=O) groups excluding carboxylic acids is 2. The Labute approximate surface area is 167 Å². The van der Waals surface area contributed by atoms with Crippen LogP contribution in [0.2, 0.25) is 0 Å². The average molecular weight is 405 g/mol. The van der Waals surface area contributed by atoms with Gasteiger partial charge < -0.3 is 14.7 Å². The zero-order valence-corrected chi connectivity index (χ0v) is 17.3. The summed E-state index contributed by atoms with van der Waals surface area (Å²) in [6.07, 6.45) is 5.87. The van der Waals surface area contributed by atoms with Gasteiger partial charge in [-0.2, -0.15) is 0 Å². The minimum absolute atomic E-state index is 0. The molecule has 1 aliphatic carbocycles. The van der Waals surface area contributed by atoms with Gasteiger partial charge in [-0.3, -0.25) is 14.9 Å². The van der Waals surface area contributed by atoms with E-state index < -0.39 is 24.1 Å². The lowest BCUT2D eigenvalue weighted by Gasteiger charge is -2.35. The highest BCUT2D eigenvalue weighted by Crippen LogP contribution is 2.40. The van der Waals surface area contributed by atoms with Gasteiger partial charge in [-0.25, -0.2) is 4.79 Å². The summed E-state index contributed by atoms with van der Waals surface area (Å²) in [5.41, 5.74) is 0. The molecule has 8 heteroatoms. The number of hydrogen-bond acceptors (Lipinski definition) is 5. The van der Waals surface area contributed by atoms with Crippen LogP contribution in [-0.2, 0) is 19.1 Å². The summed E-state index contributed by atoms with van der Waals surface area (Å²) in [7, 11) is 0. The predicted molar refractivity (Wildman–Crippen MR) is 104 cm³/mol. The number of esters is 1. The predicted octanol–water partition coefficient (Wildman–Crippen LogP) is 2.36. The maximum atomic E-state index is 13.1. The first-order valence-electron chi connectivity index (χ1n) is 9.88. The highest BCUT2D eigenvalue weighted by atomic mass is 35.5. The molecule has 1 saturated carbocycles. The van der Waals surface area contributed by atoms with Crippen LogP contribution in [-0.4, -0.2) is 58.6 Å². The number of fused-ring (bicyclic) bond motifs is 1. The number of carboxylic acids is 1. The van der Waals surface area contributed by atoms with Crippen molar-refractivity contribution in [3.8, 4) is 0 Å². The van der Waals surface area contributed by atoms with Crippen LogP contribution in [0.1, 0.15) is 65.7 Å². The van der Waals surface area contributed by atoms with Crippen LogP contribution in [0, 0.1) is 5.92 Å². The molecule has 27 heavy (non-hydrogen) atoms. The van der Waals surface area contributed by atoms with Crippen molar-refractivity contribution < 1.29 is 24.2 Å². The second kappa shape index (κ2) is 10.9. The number of aliphatic carboxylic acids is 1. The molecule has 7 nitrogen and oxygen atoms in total. The second-order valence-electron chi connectivity index (χ2n) is 7.43. The van der Waals surface area contributed by atoms with E-state index in [1.165, 1.54) is 0 Å². The molecule has 0 spiro atoms. The van der Waals surface area contributed by atoms with Crippen LogP contribution in [0.5, 0.6) is 0 Å². The Kier molecular flexibility index (Phi) is 9.53. The second-order valence-corrected chi connectivity index (χ2v) is 7.43. The zero-order valence-electron chi connectivity index (χ0n) is 16.5. The van der Waals surface area contributed by atoms with E-state index in [1.54, 1.807) is 18.7 Å². The highest BCUT2D eigenvalue weighted by molar-refractivity contribution is 5.88. The molecule has 0 aromatic carbocycles. The first-order chi connectivity index (χ1) is 12.4. The van der Waals surface area contributed by atoms with Crippen LogP contribution in [0.15, 0.2) is 0 Å². The normalized spacial score (nSPS) is 26.5. The maximum Gasteiger partial charge on any atom is 0.326 e. The molecule has 0 bridgehead atoms. The van der Waals surface area contributed by atoms with Gasteiger partial charge in [0.1, 0.15) is 12.1 Å². The Bertz CT molecular complexity index is 530. The molecule has 5 atom stereocenters. The number of amides is 1. The van der Waals surface area contributed by atoms with Crippen molar-refractivity contribution in [3.63, 3.8) is 0 Å². The lowest BCUT2D eigenvalue weighted by molar-refractivity contribution is -0.152. The first-order valence-corrected chi connectivity index (χ1v) is 9.88. The van der Waals surface area contributed by atoms with Crippen molar-refractivity contribution in [2.24, 2.45) is 5.92 Å². The van der Waals surface area contributed by atoms with E-state index in [0.717, 1.165) is 32.1 Å². The molecular formula is C19H33ClN2O5. The van der Waals surface area contributed by atoms with Gasteiger partial charge in [-0.1, -0.05) is 26.2 Å². The number of halogens is 1. The summed E-state index contributed by atoms with van der Waals surface area (Å²) in [6, 6.07) is -1.92. The number of nitrogens with zero attached hydrogens (tertiary/aromatic N) is 1. The Morgan fingerprint density at radius 3 is 2.48 bits per heavy atom. The number of rotatable bonds is 8. The van der Waals surface area contributed by atoms with Gasteiger partial charge in [0.15, 0.2) is 0 Å². The van der Waals surface area contributed by atoms with E-state index in [-0.39, 0.29) is 36.2 Å². The van der Waals surface area contributed by atoms with Crippen LogP contribution in [0.25, 0.3) is 0 Å². The average Bonchev–Trinajstić information content (AvgIpc) is 3.00. The summed E-state index contributed by atoms with van der Waals surface area (Å²) in [5.74, 6) is -1.24. The van der Waals surface area contributed by atoms with Crippen LogP contribution in [0.3, 0.4) is 0 Å². The summed E-state index contributed by atoms with van der Waals surface area (Å²) in [4.78, 5) is 38.5. The van der Waals surface area contributed by atoms with E-state index in [1.807, 2.05) is 6.92 Å². The molecule has 0 radical (unpaired) electrons. The van der Waals surface area contributed by atoms with Gasteiger partial charge in [0.25, 0.3) is 0 Å². The molecular weight excluding hydrogens is 372 g/mol. The molecule has 2 fully saturated rings. The number of likely N-dealkylation sites (tertiary alicyclic amines) is 1. The molecule has 2 N–H and O–H groups in total. The third-order valence-corrected chi connectivity index (χ3v) is 5.60. The summed E-state index contributed by atoms with van der Waals surface area (Å²) in [5, 5.41) is 12.7. The molecule has 156 valence electrons. The lowest BCUT2D eigenvalue weighted by atomic mass is 9.84. The van der Waals surface area contributed by atoms with E-state index in [2.05, 4.69) is 5.32 Å². The van der Waals surface area contributed by atoms with Crippen molar-refractivity contribution in [1.82, 2.24) is 10.2 Å². The zero-order chi connectivity index (χ0) is 19.3. The molecule has 2 rings (SSSR count). The molecule has 1 amide bonds. The number of nitrogens with one attached hydrogen (secondary N) is 1. The molecule has 0 aromatic rings. The lowest BCUT2D eigenvalue weighted by Crippen LogP contribution is -2.55. The summed E-state index contributed by atoms with van der Waals surface area (Å²) in [6.45, 7) is 5.72. The van der Waals surface area contributed by atoms with E-state index in [0.29, 0.717) is 19.4 Å². The number of carbonyl (C=O) groups is 3. The number of hydrogen-bond donors (Lipinski definition) is 2. The first kappa shape index (κ1) is 23.7. The third-order valence-electron chi connectivity index (χ3n) is 5.60. The van der Waals surface area contributed by atoms with Gasteiger partial charge >= 0.3 is 11.9 Å². The fourth-order valence-corrected chi connectivity index (χ4v) is 4.39. The van der Waals surface area contributed by atoms with Gasteiger partial charge in [0.05, 0.1) is 12.6 Å². The number of carboxylic acid groups (broad SMARTS) is 1. The fraction of sp³-hybridized carbons (Fsp3) is 0.842. The van der Waals surface area contributed by atoms with Crippen molar-refractivity contribution >= 4 is 30.3 Å². The Morgan fingerprint density at radius 2 is 1.89 bits per heavy atom. The summed E-state index contributed by atoms with van der Waals surface area (Å²) >= 11 is 0. The highest BCUT2D eigenvalue weighted by Gasteiger charge is 2.48. The largest absolute Gasteiger partial charge is 0.480 e. The molecule has 1 saturated heterocycles.